The third kappa shape index (κ3) is 7.22. The number of urea groups is 1. The molecule has 0 aliphatic carbocycles. The highest BCUT2D eigenvalue weighted by molar-refractivity contribution is 6.04. The van der Waals surface area contributed by atoms with Crippen molar-refractivity contribution < 1.29 is 14.3 Å². The second-order valence-corrected chi connectivity index (χ2v) is 8.59. The molecule has 0 spiro atoms. The Labute approximate surface area is 196 Å². The molecule has 1 aliphatic heterocycles. The van der Waals surface area contributed by atoms with E-state index in [0.29, 0.717) is 36.9 Å². The standard InChI is InChI=1S/C26H36N4O3/c1-4-33-17-7-14-27-25(31)23-18-22(12-13-24(23)30-15-5-6-16-30)29-26(32)28-21-10-8-20(9-11-21)19(2)3/h8-13,18-19H,4-7,14-17H2,1-3H3,(H,27,31)(H2,28,29,32). The number of amides is 3. The second kappa shape index (κ2) is 12.3. The van der Waals surface area contributed by atoms with Crippen molar-refractivity contribution in [1.29, 1.82) is 0 Å². The van der Waals surface area contributed by atoms with Crippen LogP contribution in [0.4, 0.5) is 21.9 Å². The lowest BCUT2D eigenvalue weighted by Crippen LogP contribution is -2.29. The first-order chi connectivity index (χ1) is 16.0. The average molecular weight is 453 g/mol. The third-order valence-electron chi connectivity index (χ3n) is 5.74. The van der Waals surface area contributed by atoms with Crippen LogP contribution in [0.1, 0.15) is 61.9 Å². The zero-order valence-corrected chi connectivity index (χ0v) is 19.9. The maximum atomic E-state index is 13.0. The van der Waals surface area contributed by atoms with Gasteiger partial charge in [0.1, 0.15) is 0 Å². The number of anilines is 3. The fourth-order valence-corrected chi connectivity index (χ4v) is 3.89. The number of rotatable bonds is 10. The molecule has 0 radical (unpaired) electrons. The van der Waals surface area contributed by atoms with E-state index < -0.39 is 0 Å². The van der Waals surface area contributed by atoms with E-state index >= 15 is 0 Å². The van der Waals surface area contributed by atoms with Crippen LogP contribution in [0.3, 0.4) is 0 Å². The van der Waals surface area contributed by atoms with E-state index in [1.165, 1.54) is 5.56 Å². The third-order valence-corrected chi connectivity index (χ3v) is 5.74. The molecular weight excluding hydrogens is 416 g/mol. The summed E-state index contributed by atoms with van der Waals surface area (Å²) in [6.07, 6.45) is 3.00. The Morgan fingerprint density at radius 1 is 1.00 bits per heavy atom. The Kier molecular flexibility index (Phi) is 9.13. The Balaban J connectivity index is 1.67. The fourth-order valence-electron chi connectivity index (χ4n) is 3.89. The van der Waals surface area contributed by atoms with Crippen LogP contribution in [0.15, 0.2) is 42.5 Å². The number of nitrogens with zero attached hydrogens (tertiary/aromatic N) is 1. The normalized spacial score (nSPS) is 13.3. The summed E-state index contributed by atoms with van der Waals surface area (Å²) in [5, 5.41) is 8.69. The van der Waals surface area contributed by atoms with Gasteiger partial charge in [-0.05, 0) is 68.0 Å². The number of nitrogens with one attached hydrogen (secondary N) is 3. The molecule has 33 heavy (non-hydrogen) atoms. The first-order valence-corrected chi connectivity index (χ1v) is 11.9. The molecule has 3 rings (SSSR count). The molecule has 1 saturated heterocycles. The monoisotopic (exact) mass is 452 g/mol. The molecule has 2 aromatic rings. The summed E-state index contributed by atoms with van der Waals surface area (Å²) < 4.78 is 5.34. The molecule has 0 bridgehead atoms. The lowest BCUT2D eigenvalue weighted by Gasteiger charge is -2.22. The maximum Gasteiger partial charge on any atom is 0.323 e. The lowest BCUT2D eigenvalue weighted by molar-refractivity contribution is 0.0944. The Bertz CT molecular complexity index is 922. The number of carbonyl (C=O) groups is 2. The van der Waals surface area contributed by atoms with E-state index in [-0.39, 0.29) is 11.9 Å². The molecule has 7 heteroatoms. The van der Waals surface area contributed by atoms with Crippen molar-refractivity contribution in [2.24, 2.45) is 0 Å². The van der Waals surface area contributed by atoms with Gasteiger partial charge in [-0.15, -0.1) is 0 Å². The van der Waals surface area contributed by atoms with E-state index in [9.17, 15) is 9.59 Å². The van der Waals surface area contributed by atoms with E-state index in [0.717, 1.165) is 43.7 Å². The second-order valence-electron chi connectivity index (χ2n) is 8.59. The van der Waals surface area contributed by atoms with Gasteiger partial charge in [-0.1, -0.05) is 26.0 Å². The molecule has 2 aromatic carbocycles. The van der Waals surface area contributed by atoms with Crippen molar-refractivity contribution in [2.45, 2.75) is 46.0 Å². The van der Waals surface area contributed by atoms with Crippen molar-refractivity contribution in [2.75, 3.05) is 48.4 Å². The maximum absolute atomic E-state index is 13.0. The van der Waals surface area contributed by atoms with Crippen molar-refractivity contribution in [1.82, 2.24) is 5.32 Å². The summed E-state index contributed by atoms with van der Waals surface area (Å²) in [6.45, 7) is 9.93. The predicted octanol–water partition coefficient (Wildman–Crippen LogP) is 5.21. The van der Waals surface area contributed by atoms with Crippen LogP contribution in [0.25, 0.3) is 0 Å². The highest BCUT2D eigenvalue weighted by Crippen LogP contribution is 2.28. The van der Waals surface area contributed by atoms with E-state index in [1.54, 1.807) is 6.07 Å². The number of hydrogen-bond acceptors (Lipinski definition) is 4. The summed E-state index contributed by atoms with van der Waals surface area (Å²) in [5.41, 5.74) is 4.00. The van der Waals surface area contributed by atoms with Gasteiger partial charge in [0.15, 0.2) is 0 Å². The summed E-state index contributed by atoms with van der Waals surface area (Å²) in [6, 6.07) is 13.0. The highest BCUT2D eigenvalue weighted by atomic mass is 16.5. The molecular formula is C26H36N4O3. The Morgan fingerprint density at radius 2 is 1.67 bits per heavy atom. The van der Waals surface area contributed by atoms with Crippen molar-refractivity contribution in [3.63, 3.8) is 0 Å². The molecule has 7 nitrogen and oxygen atoms in total. The summed E-state index contributed by atoms with van der Waals surface area (Å²) in [5.74, 6) is 0.299. The minimum atomic E-state index is -0.343. The molecule has 3 amide bonds. The van der Waals surface area contributed by atoms with Crippen LogP contribution >= 0.6 is 0 Å². The topological polar surface area (TPSA) is 82.7 Å². The minimum Gasteiger partial charge on any atom is -0.382 e. The Morgan fingerprint density at radius 3 is 2.33 bits per heavy atom. The summed E-state index contributed by atoms with van der Waals surface area (Å²) in [4.78, 5) is 27.7. The quantitative estimate of drug-likeness (QED) is 0.432. The van der Waals surface area contributed by atoms with E-state index in [2.05, 4.69) is 34.7 Å². The van der Waals surface area contributed by atoms with Gasteiger partial charge in [0, 0.05) is 49.9 Å². The number of ether oxygens (including phenoxy) is 1. The van der Waals surface area contributed by atoms with Gasteiger partial charge >= 0.3 is 6.03 Å². The summed E-state index contributed by atoms with van der Waals surface area (Å²) >= 11 is 0. The van der Waals surface area contributed by atoms with Crippen molar-refractivity contribution in [3.8, 4) is 0 Å². The fraction of sp³-hybridized carbons (Fsp3) is 0.462. The van der Waals surface area contributed by atoms with Crippen LogP contribution in [-0.2, 0) is 4.74 Å². The number of hydrogen-bond donors (Lipinski definition) is 3. The van der Waals surface area contributed by atoms with Gasteiger partial charge in [-0.3, -0.25) is 4.79 Å². The van der Waals surface area contributed by atoms with Gasteiger partial charge in [0.2, 0.25) is 0 Å². The molecule has 0 saturated carbocycles. The average Bonchev–Trinajstić information content (AvgIpc) is 3.34. The van der Waals surface area contributed by atoms with Gasteiger partial charge < -0.3 is 25.6 Å². The van der Waals surface area contributed by atoms with Crippen molar-refractivity contribution >= 4 is 29.0 Å². The van der Waals surface area contributed by atoms with Gasteiger partial charge in [0.25, 0.3) is 5.91 Å². The first kappa shape index (κ1) is 24.6. The molecule has 0 unspecified atom stereocenters. The lowest BCUT2D eigenvalue weighted by atomic mass is 10.0. The van der Waals surface area contributed by atoms with Gasteiger partial charge in [-0.25, -0.2) is 4.79 Å². The smallest absolute Gasteiger partial charge is 0.323 e. The first-order valence-electron chi connectivity index (χ1n) is 11.9. The van der Waals surface area contributed by atoms with Crippen LogP contribution in [0.5, 0.6) is 0 Å². The molecule has 3 N–H and O–H groups in total. The molecule has 0 aromatic heterocycles. The SMILES string of the molecule is CCOCCCNC(=O)c1cc(NC(=O)Nc2ccc(C(C)C)cc2)ccc1N1CCCC1. The van der Waals surface area contributed by atoms with Gasteiger partial charge in [-0.2, -0.15) is 0 Å². The molecule has 0 atom stereocenters. The van der Waals surface area contributed by atoms with Crippen LogP contribution in [0, 0.1) is 0 Å². The van der Waals surface area contributed by atoms with E-state index in [4.69, 9.17) is 4.74 Å². The number of carbonyl (C=O) groups excluding carboxylic acids is 2. The zero-order chi connectivity index (χ0) is 23.6. The minimum absolute atomic E-state index is 0.137. The largest absolute Gasteiger partial charge is 0.382 e. The number of benzene rings is 2. The predicted molar refractivity (Wildman–Crippen MR) is 135 cm³/mol. The van der Waals surface area contributed by atoms with E-state index in [1.807, 2.05) is 43.3 Å². The molecule has 178 valence electrons. The molecule has 1 fully saturated rings. The van der Waals surface area contributed by atoms with Crippen LogP contribution < -0.4 is 20.9 Å². The Hall–Kier alpha value is -3.06. The molecule has 1 heterocycles. The molecule has 1 aliphatic rings. The summed E-state index contributed by atoms with van der Waals surface area (Å²) in [7, 11) is 0. The van der Waals surface area contributed by atoms with Gasteiger partial charge in [0.05, 0.1) is 5.56 Å². The highest BCUT2D eigenvalue weighted by Gasteiger charge is 2.20. The van der Waals surface area contributed by atoms with Crippen LogP contribution in [0.2, 0.25) is 0 Å². The van der Waals surface area contributed by atoms with Crippen molar-refractivity contribution in [3.05, 3.63) is 53.6 Å². The zero-order valence-electron chi connectivity index (χ0n) is 19.9. The van der Waals surface area contributed by atoms with Crippen LogP contribution in [-0.4, -0.2) is 44.8 Å².